The second-order valence-electron chi connectivity index (χ2n) is 10.8. The standard InChI is InChI=1S/C44H31N/c1-2-10-32(11-3-1)34-20-22-35(23-21-34)36-26-28-41(29-27-36)45(44-19-9-15-37-13-6-7-18-43(37)44)42-17-8-16-39(31-42)40-25-24-33-12-4-5-14-38(33)30-40/h1-31H/i8D,16D,17D,26D,27D,28D,29D,31D. The van der Waals surface area contributed by atoms with Crippen LogP contribution in [0.4, 0.5) is 17.1 Å². The Bertz CT molecular complexity index is 2680. The summed E-state index contributed by atoms with van der Waals surface area (Å²) in [7, 11) is 0. The fraction of sp³-hybridized carbons (Fsp3) is 0. The average molecular weight is 582 g/mol. The molecule has 0 aromatic heterocycles. The van der Waals surface area contributed by atoms with Crippen molar-refractivity contribution in [3.8, 4) is 33.4 Å². The van der Waals surface area contributed by atoms with Crippen molar-refractivity contribution in [3.05, 3.63) is 188 Å². The lowest BCUT2D eigenvalue weighted by Crippen LogP contribution is -2.10. The van der Waals surface area contributed by atoms with Crippen LogP contribution in [-0.4, -0.2) is 0 Å². The Labute approximate surface area is 275 Å². The van der Waals surface area contributed by atoms with Crippen molar-refractivity contribution < 1.29 is 11.0 Å². The SMILES string of the molecule is [2H]c1c([2H])c(-c2ccc3ccccc3c2)c([2H])c(N(c2c([2H])c([2H])c(-c3ccc(-c4ccccc4)cc3)c([2H])c2[2H])c2cccc3ccccc23)c1[2H]. The fourth-order valence-electron chi connectivity index (χ4n) is 5.71. The maximum absolute atomic E-state index is 9.64. The molecule has 8 aromatic rings. The third-order valence-corrected chi connectivity index (χ3v) is 8.00. The fourth-order valence-corrected chi connectivity index (χ4v) is 5.71. The second kappa shape index (κ2) is 11.6. The van der Waals surface area contributed by atoms with E-state index in [-0.39, 0.29) is 58.8 Å². The Balaban J connectivity index is 1.40. The summed E-state index contributed by atoms with van der Waals surface area (Å²) in [5.74, 6) is 0. The molecule has 0 atom stereocenters. The molecular formula is C44H31N. The molecule has 8 aromatic carbocycles. The van der Waals surface area contributed by atoms with Crippen LogP contribution in [0.5, 0.6) is 0 Å². The first-order valence-electron chi connectivity index (χ1n) is 18.8. The van der Waals surface area contributed by atoms with Crippen molar-refractivity contribution in [1.29, 1.82) is 0 Å². The summed E-state index contributed by atoms with van der Waals surface area (Å²) < 4.78 is 74.2. The maximum atomic E-state index is 9.64. The van der Waals surface area contributed by atoms with Gasteiger partial charge in [0, 0.05) is 16.8 Å². The molecule has 0 fully saturated rings. The molecule has 0 N–H and O–H groups in total. The van der Waals surface area contributed by atoms with Crippen molar-refractivity contribution in [2.45, 2.75) is 0 Å². The molecule has 0 radical (unpaired) electrons. The predicted molar refractivity (Wildman–Crippen MR) is 192 cm³/mol. The van der Waals surface area contributed by atoms with E-state index in [1.54, 1.807) is 30.3 Å². The van der Waals surface area contributed by atoms with Crippen LogP contribution >= 0.6 is 0 Å². The largest absolute Gasteiger partial charge is 0.310 e. The molecule has 0 saturated carbocycles. The summed E-state index contributed by atoms with van der Waals surface area (Å²) >= 11 is 0. The summed E-state index contributed by atoms with van der Waals surface area (Å²) in [6, 6.07) is 40.6. The predicted octanol–water partition coefficient (Wildman–Crippen LogP) is 12.5. The summed E-state index contributed by atoms with van der Waals surface area (Å²) in [5, 5.41) is 3.34. The second-order valence-corrected chi connectivity index (χ2v) is 10.8. The number of benzene rings is 8. The van der Waals surface area contributed by atoms with Gasteiger partial charge in [-0.25, -0.2) is 0 Å². The van der Waals surface area contributed by atoms with Crippen LogP contribution in [0.2, 0.25) is 0 Å². The molecule has 45 heavy (non-hydrogen) atoms. The molecule has 0 spiro atoms. The van der Waals surface area contributed by atoms with Gasteiger partial charge in [-0.3, -0.25) is 0 Å². The van der Waals surface area contributed by atoms with Crippen molar-refractivity contribution >= 4 is 38.6 Å². The van der Waals surface area contributed by atoms with E-state index in [2.05, 4.69) is 0 Å². The topological polar surface area (TPSA) is 3.24 Å². The van der Waals surface area contributed by atoms with Crippen LogP contribution in [0.1, 0.15) is 11.0 Å². The number of hydrogen-bond acceptors (Lipinski definition) is 1. The van der Waals surface area contributed by atoms with Gasteiger partial charge in [0.25, 0.3) is 0 Å². The van der Waals surface area contributed by atoms with Gasteiger partial charge in [0.05, 0.1) is 16.7 Å². The van der Waals surface area contributed by atoms with E-state index in [1.165, 1.54) is 4.90 Å². The van der Waals surface area contributed by atoms with Crippen LogP contribution in [-0.2, 0) is 0 Å². The molecular weight excluding hydrogens is 542 g/mol. The molecule has 0 bridgehead atoms. The Kier molecular flexibility index (Phi) is 5.01. The van der Waals surface area contributed by atoms with E-state index in [0.717, 1.165) is 27.3 Å². The van der Waals surface area contributed by atoms with Crippen LogP contribution in [0.15, 0.2) is 188 Å². The monoisotopic (exact) mass is 581 g/mol. The van der Waals surface area contributed by atoms with Gasteiger partial charge in [0.1, 0.15) is 0 Å². The zero-order chi connectivity index (χ0) is 37.0. The van der Waals surface area contributed by atoms with Gasteiger partial charge in [-0.1, -0.05) is 152 Å². The van der Waals surface area contributed by atoms with Gasteiger partial charge in [-0.05, 0) is 85.8 Å². The Hall–Kier alpha value is -5.92. The average Bonchev–Trinajstić information content (AvgIpc) is 3.19. The summed E-state index contributed by atoms with van der Waals surface area (Å²) in [6.07, 6.45) is 0. The van der Waals surface area contributed by atoms with Gasteiger partial charge in [-0.15, -0.1) is 0 Å². The number of fused-ring (bicyclic) bond motifs is 2. The van der Waals surface area contributed by atoms with Gasteiger partial charge >= 0.3 is 0 Å². The van der Waals surface area contributed by atoms with Crippen LogP contribution < -0.4 is 4.90 Å². The van der Waals surface area contributed by atoms with Gasteiger partial charge in [-0.2, -0.15) is 0 Å². The van der Waals surface area contributed by atoms with E-state index in [0.29, 0.717) is 22.2 Å². The number of rotatable bonds is 6. The minimum atomic E-state index is -0.435. The first-order chi connectivity index (χ1) is 25.7. The molecule has 8 rings (SSSR count). The number of anilines is 3. The van der Waals surface area contributed by atoms with Gasteiger partial charge in [0.2, 0.25) is 0 Å². The van der Waals surface area contributed by atoms with Crippen molar-refractivity contribution in [1.82, 2.24) is 0 Å². The zero-order valence-electron chi connectivity index (χ0n) is 32.2. The van der Waals surface area contributed by atoms with Crippen molar-refractivity contribution in [2.24, 2.45) is 0 Å². The zero-order valence-corrected chi connectivity index (χ0v) is 24.2. The van der Waals surface area contributed by atoms with Crippen LogP contribution in [0, 0.1) is 0 Å². The molecule has 0 aliphatic rings. The van der Waals surface area contributed by atoms with E-state index in [1.807, 2.05) is 109 Å². The molecule has 1 heteroatoms. The Morgan fingerprint density at radius 3 is 1.80 bits per heavy atom. The minimum Gasteiger partial charge on any atom is -0.310 e. The van der Waals surface area contributed by atoms with Gasteiger partial charge < -0.3 is 4.90 Å². The smallest absolute Gasteiger partial charge is 0.0651 e. The van der Waals surface area contributed by atoms with E-state index in [4.69, 9.17) is 2.74 Å². The molecule has 0 heterocycles. The minimum absolute atomic E-state index is 0.119. The van der Waals surface area contributed by atoms with E-state index >= 15 is 0 Å². The maximum Gasteiger partial charge on any atom is 0.0651 e. The summed E-state index contributed by atoms with van der Waals surface area (Å²) in [4.78, 5) is 1.41. The highest BCUT2D eigenvalue weighted by Gasteiger charge is 2.16. The molecule has 212 valence electrons. The molecule has 0 amide bonds. The first kappa shape index (κ1) is 19.4. The first-order valence-corrected chi connectivity index (χ1v) is 14.8. The lowest BCUT2D eigenvalue weighted by molar-refractivity contribution is 1.30. The van der Waals surface area contributed by atoms with Crippen LogP contribution in [0.3, 0.4) is 0 Å². The number of nitrogens with zero attached hydrogens (tertiary/aromatic N) is 1. The van der Waals surface area contributed by atoms with Crippen molar-refractivity contribution in [3.63, 3.8) is 0 Å². The quantitative estimate of drug-likeness (QED) is 0.189. The third kappa shape index (κ3) is 5.26. The molecule has 1 nitrogen and oxygen atoms in total. The number of hydrogen-bond donors (Lipinski definition) is 0. The van der Waals surface area contributed by atoms with Gasteiger partial charge in [0.15, 0.2) is 0 Å². The molecule has 0 aliphatic carbocycles. The molecule has 0 unspecified atom stereocenters. The summed E-state index contributed by atoms with van der Waals surface area (Å²) in [6.45, 7) is 0. The highest BCUT2D eigenvalue weighted by Crippen LogP contribution is 2.41. The normalized spacial score (nSPS) is 13.6. The lowest BCUT2D eigenvalue weighted by Gasteiger charge is -2.27. The highest BCUT2D eigenvalue weighted by molar-refractivity contribution is 5.99. The lowest BCUT2D eigenvalue weighted by atomic mass is 9.99. The van der Waals surface area contributed by atoms with E-state index in [9.17, 15) is 8.22 Å². The Morgan fingerprint density at radius 1 is 0.378 bits per heavy atom. The molecule has 0 saturated heterocycles. The Morgan fingerprint density at radius 2 is 1.00 bits per heavy atom. The van der Waals surface area contributed by atoms with Crippen LogP contribution in [0.25, 0.3) is 54.9 Å². The molecule has 0 aliphatic heterocycles. The van der Waals surface area contributed by atoms with Crippen molar-refractivity contribution in [2.75, 3.05) is 4.90 Å². The summed E-state index contributed by atoms with van der Waals surface area (Å²) in [5.41, 5.74) is 3.36. The van der Waals surface area contributed by atoms with E-state index < -0.39 is 12.1 Å². The highest BCUT2D eigenvalue weighted by atomic mass is 15.1. The third-order valence-electron chi connectivity index (χ3n) is 8.00.